The Morgan fingerprint density at radius 1 is 0.939 bits per heavy atom. The second kappa shape index (κ2) is 10.2. The molecular formula is C27H28N2O4. The van der Waals surface area contributed by atoms with Gasteiger partial charge in [0.1, 0.15) is 12.6 Å². The van der Waals surface area contributed by atoms with Crippen LogP contribution in [0.1, 0.15) is 29.9 Å². The quantitative estimate of drug-likeness (QED) is 0.491. The van der Waals surface area contributed by atoms with E-state index in [1.165, 1.54) is 0 Å². The Balaban J connectivity index is 1.31. The van der Waals surface area contributed by atoms with Gasteiger partial charge >= 0.3 is 12.1 Å². The number of aliphatic carboxylic acids is 1. The SMILES string of the molecule is CN(CCCC(NC(=O)OCC1c2ccccc2-c2ccccc21)C(=O)O)c1ccccc1. The summed E-state index contributed by atoms with van der Waals surface area (Å²) in [5, 5.41) is 12.1. The maximum absolute atomic E-state index is 12.5. The molecule has 0 heterocycles. The molecular weight excluding hydrogens is 416 g/mol. The molecule has 1 amide bonds. The predicted molar refractivity (Wildman–Crippen MR) is 129 cm³/mol. The van der Waals surface area contributed by atoms with Gasteiger partial charge in [-0.2, -0.15) is 0 Å². The molecule has 0 saturated heterocycles. The highest BCUT2D eigenvalue weighted by atomic mass is 16.5. The molecule has 0 aromatic heterocycles. The fourth-order valence-electron chi connectivity index (χ4n) is 4.38. The van der Waals surface area contributed by atoms with Crippen LogP contribution in [0.25, 0.3) is 11.1 Å². The number of para-hydroxylation sites is 1. The number of rotatable bonds is 9. The third-order valence-corrected chi connectivity index (χ3v) is 6.12. The van der Waals surface area contributed by atoms with Gasteiger partial charge in [-0.25, -0.2) is 9.59 Å². The highest BCUT2D eigenvalue weighted by Crippen LogP contribution is 2.44. The lowest BCUT2D eigenvalue weighted by Gasteiger charge is -2.21. The number of carbonyl (C=O) groups is 2. The van der Waals surface area contributed by atoms with Crippen LogP contribution in [0.5, 0.6) is 0 Å². The molecule has 3 aromatic rings. The van der Waals surface area contributed by atoms with Crippen molar-refractivity contribution >= 4 is 17.7 Å². The summed E-state index contributed by atoms with van der Waals surface area (Å²) in [5.74, 6) is -1.13. The summed E-state index contributed by atoms with van der Waals surface area (Å²) in [6.07, 6.45) is 0.226. The summed E-state index contributed by atoms with van der Waals surface area (Å²) < 4.78 is 5.49. The number of nitrogens with zero attached hydrogens (tertiary/aromatic N) is 1. The van der Waals surface area contributed by atoms with E-state index in [0.29, 0.717) is 19.4 Å². The van der Waals surface area contributed by atoms with Crippen LogP contribution in [0.15, 0.2) is 78.9 Å². The number of hydrogen-bond acceptors (Lipinski definition) is 4. The van der Waals surface area contributed by atoms with Crippen molar-refractivity contribution < 1.29 is 19.4 Å². The Kier molecular flexibility index (Phi) is 6.93. The number of fused-ring (bicyclic) bond motifs is 3. The van der Waals surface area contributed by atoms with Gasteiger partial charge in [0.05, 0.1) is 0 Å². The standard InChI is InChI=1S/C27H28N2O4/c1-29(19-10-3-2-4-11-19)17-9-16-25(26(30)31)28-27(32)33-18-24-22-14-7-5-12-20(22)21-13-6-8-15-23(21)24/h2-8,10-15,24-25H,9,16-18H2,1H3,(H,28,32)(H,30,31). The molecule has 4 rings (SSSR count). The number of hydrogen-bond donors (Lipinski definition) is 2. The maximum atomic E-state index is 12.5. The number of nitrogens with one attached hydrogen (secondary N) is 1. The maximum Gasteiger partial charge on any atom is 0.407 e. The van der Waals surface area contributed by atoms with E-state index in [4.69, 9.17) is 4.74 Å². The lowest BCUT2D eigenvalue weighted by atomic mass is 9.98. The molecule has 0 fully saturated rings. The molecule has 6 nitrogen and oxygen atoms in total. The lowest BCUT2D eigenvalue weighted by molar-refractivity contribution is -0.139. The van der Waals surface area contributed by atoms with Gasteiger partial charge in [-0.1, -0.05) is 66.7 Å². The Morgan fingerprint density at radius 2 is 1.52 bits per heavy atom. The monoisotopic (exact) mass is 444 g/mol. The van der Waals surface area contributed by atoms with Crippen LogP contribution in [0.2, 0.25) is 0 Å². The summed E-state index contributed by atoms with van der Waals surface area (Å²) in [6.45, 7) is 0.836. The minimum absolute atomic E-state index is 0.0639. The summed E-state index contributed by atoms with van der Waals surface area (Å²) in [7, 11) is 1.96. The van der Waals surface area contributed by atoms with Gasteiger partial charge in [0.2, 0.25) is 0 Å². The molecule has 0 radical (unpaired) electrons. The third-order valence-electron chi connectivity index (χ3n) is 6.12. The zero-order chi connectivity index (χ0) is 23.2. The highest BCUT2D eigenvalue weighted by Gasteiger charge is 2.29. The number of ether oxygens (including phenoxy) is 1. The number of carboxylic acids is 1. The summed E-state index contributed by atoms with van der Waals surface area (Å²) >= 11 is 0. The van der Waals surface area contributed by atoms with Crippen LogP contribution in [-0.4, -0.2) is 43.4 Å². The van der Waals surface area contributed by atoms with E-state index in [2.05, 4.69) is 22.3 Å². The molecule has 0 aliphatic heterocycles. The Morgan fingerprint density at radius 3 is 2.12 bits per heavy atom. The van der Waals surface area contributed by atoms with Crippen LogP contribution in [0, 0.1) is 0 Å². The molecule has 1 unspecified atom stereocenters. The molecule has 1 aliphatic rings. The molecule has 6 heteroatoms. The molecule has 1 aliphatic carbocycles. The summed E-state index contributed by atoms with van der Waals surface area (Å²) in [4.78, 5) is 26.2. The van der Waals surface area contributed by atoms with Gasteiger partial charge < -0.3 is 20.1 Å². The molecule has 2 N–H and O–H groups in total. The van der Waals surface area contributed by atoms with Crippen LogP contribution in [0.4, 0.5) is 10.5 Å². The van der Waals surface area contributed by atoms with Crippen LogP contribution >= 0.6 is 0 Å². The summed E-state index contributed by atoms with van der Waals surface area (Å²) in [6, 6.07) is 25.1. The van der Waals surface area contributed by atoms with Crippen molar-refractivity contribution in [2.75, 3.05) is 25.1 Å². The highest BCUT2D eigenvalue weighted by molar-refractivity contribution is 5.81. The summed E-state index contributed by atoms with van der Waals surface area (Å²) in [5.41, 5.74) is 5.59. The second-order valence-corrected chi connectivity index (χ2v) is 8.26. The van der Waals surface area contributed by atoms with Crippen molar-refractivity contribution in [3.8, 4) is 11.1 Å². The van der Waals surface area contributed by atoms with E-state index < -0.39 is 18.1 Å². The van der Waals surface area contributed by atoms with Crippen molar-refractivity contribution in [1.82, 2.24) is 5.32 Å². The van der Waals surface area contributed by atoms with E-state index in [1.54, 1.807) is 0 Å². The Bertz CT molecular complexity index is 1070. The molecule has 170 valence electrons. The van der Waals surface area contributed by atoms with Gasteiger partial charge in [0, 0.05) is 25.2 Å². The minimum atomic E-state index is -1.06. The van der Waals surface area contributed by atoms with Crippen molar-refractivity contribution in [3.05, 3.63) is 90.0 Å². The van der Waals surface area contributed by atoms with Crippen molar-refractivity contribution in [1.29, 1.82) is 0 Å². The van der Waals surface area contributed by atoms with Gasteiger partial charge in [-0.05, 0) is 47.2 Å². The average Bonchev–Trinajstić information content (AvgIpc) is 3.16. The average molecular weight is 445 g/mol. The molecule has 1 atom stereocenters. The van der Waals surface area contributed by atoms with E-state index in [9.17, 15) is 14.7 Å². The largest absolute Gasteiger partial charge is 0.480 e. The predicted octanol–water partition coefficient (Wildman–Crippen LogP) is 4.89. The lowest BCUT2D eigenvalue weighted by Crippen LogP contribution is -2.41. The van der Waals surface area contributed by atoms with Crippen molar-refractivity contribution in [2.45, 2.75) is 24.8 Å². The van der Waals surface area contributed by atoms with Gasteiger partial charge in [0.15, 0.2) is 0 Å². The van der Waals surface area contributed by atoms with Crippen LogP contribution in [0.3, 0.4) is 0 Å². The first-order valence-electron chi connectivity index (χ1n) is 11.1. The van der Waals surface area contributed by atoms with E-state index >= 15 is 0 Å². The van der Waals surface area contributed by atoms with E-state index in [1.807, 2.05) is 73.8 Å². The number of alkyl carbamates (subject to hydrolysis) is 1. The van der Waals surface area contributed by atoms with E-state index in [-0.39, 0.29) is 12.5 Å². The Hall–Kier alpha value is -3.80. The van der Waals surface area contributed by atoms with Crippen LogP contribution in [-0.2, 0) is 9.53 Å². The van der Waals surface area contributed by atoms with Gasteiger partial charge in [-0.3, -0.25) is 0 Å². The normalized spacial score (nSPS) is 13.0. The topological polar surface area (TPSA) is 78.9 Å². The molecule has 3 aromatic carbocycles. The zero-order valence-corrected chi connectivity index (χ0v) is 18.6. The first kappa shape index (κ1) is 22.4. The number of amides is 1. The minimum Gasteiger partial charge on any atom is -0.480 e. The number of carbonyl (C=O) groups excluding carboxylic acids is 1. The first-order chi connectivity index (χ1) is 16.0. The van der Waals surface area contributed by atoms with Gasteiger partial charge in [0.25, 0.3) is 0 Å². The van der Waals surface area contributed by atoms with Crippen molar-refractivity contribution in [2.24, 2.45) is 0 Å². The van der Waals surface area contributed by atoms with Gasteiger partial charge in [-0.15, -0.1) is 0 Å². The van der Waals surface area contributed by atoms with Crippen molar-refractivity contribution in [3.63, 3.8) is 0 Å². The van der Waals surface area contributed by atoms with E-state index in [0.717, 1.165) is 27.9 Å². The number of anilines is 1. The Labute approximate surface area is 193 Å². The molecule has 0 saturated carbocycles. The first-order valence-corrected chi connectivity index (χ1v) is 11.1. The molecule has 0 bridgehead atoms. The zero-order valence-electron chi connectivity index (χ0n) is 18.6. The number of benzene rings is 3. The molecule has 33 heavy (non-hydrogen) atoms. The smallest absolute Gasteiger partial charge is 0.407 e. The third kappa shape index (κ3) is 5.17. The fourth-order valence-corrected chi connectivity index (χ4v) is 4.38. The fraction of sp³-hybridized carbons (Fsp3) is 0.259. The van der Waals surface area contributed by atoms with Crippen LogP contribution < -0.4 is 10.2 Å². The second-order valence-electron chi connectivity index (χ2n) is 8.26. The molecule has 0 spiro atoms. The number of carboxylic acid groups (broad SMARTS) is 1.